The van der Waals surface area contributed by atoms with Gasteiger partial charge >= 0.3 is 6.03 Å². The van der Waals surface area contributed by atoms with Crippen LogP contribution in [0.1, 0.15) is 49.7 Å². The molecule has 2 amide bonds. The van der Waals surface area contributed by atoms with Crippen molar-refractivity contribution in [2.45, 2.75) is 51.9 Å². The van der Waals surface area contributed by atoms with Gasteiger partial charge in [-0.05, 0) is 31.2 Å². The smallest absolute Gasteiger partial charge is 0.314 e. The highest BCUT2D eigenvalue weighted by Crippen LogP contribution is 2.25. The van der Waals surface area contributed by atoms with Gasteiger partial charge in [-0.3, -0.25) is 0 Å². The van der Waals surface area contributed by atoms with E-state index in [2.05, 4.69) is 41.8 Å². The Hall–Kier alpha value is -1.51. The summed E-state index contributed by atoms with van der Waals surface area (Å²) in [5.41, 5.74) is 2.54. The molecule has 1 saturated carbocycles. The molecule has 21 heavy (non-hydrogen) atoms. The fourth-order valence-corrected chi connectivity index (χ4v) is 3.00. The zero-order valence-electron chi connectivity index (χ0n) is 13.2. The van der Waals surface area contributed by atoms with Crippen molar-refractivity contribution >= 4 is 6.03 Å². The maximum atomic E-state index is 11.7. The molecule has 1 fully saturated rings. The molecule has 116 valence electrons. The van der Waals surface area contributed by atoms with Gasteiger partial charge in [0.25, 0.3) is 0 Å². The third-order valence-electron chi connectivity index (χ3n) is 4.38. The maximum Gasteiger partial charge on any atom is 0.314 e. The van der Waals surface area contributed by atoms with Crippen LogP contribution in [0.2, 0.25) is 0 Å². The predicted molar refractivity (Wildman–Crippen MR) is 87.5 cm³/mol. The molecule has 2 N–H and O–H groups in total. The number of aryl methyl sites for hydroxylation is 1. The Kier molecular flexibility index (Phi) is 6.58. The molecule has 0 spiro atoms. The van der Waals surface area contributed by atoms with E-state index in [-0.39, 0.29) is 6.03 Å². The minimum Gasteiger partial charge on any atom is -0.338 e. The predicted octanol–water partition coefficient (Wildman–Crippen LogP) is 3.81. The Morgan fingerprint density at radius 3 is 2.43 bits per heavy atom. The number of urea groups is 1. The highest BCUT2D eigenvalue weighted by molar-refractivity contribution is 5.73. The van der Waals surface area contributed by atoms with Gasteiger partial charge in [-0.25, -0.2) is 4.79 Å². The van der Waals surface area contributed by atoms with Gasteiger partial charge in [0, 0.05) is 13.1 Å². The number of carbonyl (C=O) groups is 1. The van der Waals surface area contributed by atoms with E-state index in [1.165, 1.54) is 43.2 Å². The first kappa shape index (κ1) is 15.9. The standard InChI is InChI=1S/C18H28N2O/c1-15-7-9-17(10-8-15)12-14-20-18(21)19-13-11-16-5-3-2-4-6-16/h7-10,16H,2-6,11-14H2,1H3,(H2,19,20,21). The molecule has 3 heteroatoms. The number of rotatable bonds is 6. The normalized spacial score (nSPS) is 15.7. The van der Waals surface area contributed by atoms with Crippen LogP contribution < -0.4 is 10.6 Å². The summed E-state index contributed by atoms with van der Waals surface area (Å²) in [6, 6.07) is 8.44. The molecule has 0 unspecified atom stereocenters. The topological polar surface area (TPSA) is 41.1 Å². The molecule has 1 aromatic carbocycles. The largest absolute Gasteiger partial charge is 0.338 e. The summed E-state index contributed by atoms with van der Waals surface area (Å²) >= 11 is 0. The first-order valence-corrected chi connectivity index (χ1v) is 8.31. The molecule has 0 bridgehead atoms. The number of amides is 2. The number of nitrogens with one attached hydrogen (secondary N) is 2. The molecular formula is C18H28N2O. The van der Waals surface area contributed by atoms with Crippen LogP contribution in [0.4, 0.5) is 4.79 Å². The van der Waals surface area contributed by atoms with Crippen molar-refractivity contribution in [2.24, 2.45) is 5.92 Å². The quantitative estimate of drug-likeness (QED) is 0.821. The molecule has 2 rings (SSSR count). The van der Waals surface area contributed by atoms with E-state index < -0.39 is 0 Å². The van der Waals surface area contributed by atoms with Gasteiger partial charge in [-0.1, -0.05) is 61.9 Å². The van der Waals surface area contributed by atoms with E-state index in [1.54, 1.807) is 0 Å². The highest BCUT2D eigenvalue weighted by Gasteiger charge is 2.13. The number of carbonyl (C=O) groups excluding carboxylic acids is 1. The van der Waals surface area contributed by atoms with Gasteiger partial charge in [-0.15, -0.1) is 0 Å². The Morgan fingerprint density at radius 2 is 1.71 bits per heavy atom. The fraction of sp³-hybridized carbons (Fsp3) is 0.611. The summed E-state index contributed by atoms with van der Waals surface area (Å²) in [4.78, 5) is 11.7. The lowest BCUT2D eigenvalue weighted by atomic mass is 9.87. The Labute approximate surface area is 128 Å². The van der Waals surface area contributed by atoms with E-state index in [9.17, 15) is 4.79 Å². The van der Waals surface area contributed by atoms with Gasteiger partial charge < -0.3 is 10.6 Å². The molecule has 1 aliphatic rings. The van der Waals surface area contributed by atoms with Gasteiger partial charge in [0.1, 0.15) is 0 Å². The summed E-state index contributed by atoms with van der Waals surface area (Å²) in [5, 5.41) is 5.91. The average Bonchev–Trinajstić information content (AvgIpc) is 2.50. The minimum absolute atomic E-state index is 0.0297. The van der Waals surface area contributed by atoms with Crippen LogP contribution in [0.3, 0.4) is 0 Å². The molecule has 0 aliphatic heterocycles. The van der Waals surface area contributed by atoms with Crippen LogP contribution in [-0.2, 0) is 6.42 Å². The van der Waals surface area contributed by atoms with Crippen LogP contribution in [0.25, 0.3) is 0 Å². The van der Waals surface area contributed by atoms with E-state index in [0.29, 0.717) is 6.54 Å². The molecular weight excluding hydrogens is 260 g/mol. The maximum absolute atomic E-state index is 11.7. The average molecular weight is 288 g/mol. The van der Waals surface area contributed by atoms with Crippen LogP contribution in [0, 0.1) is 12.8 Å². The summed E-state index contributed by atoms with van der Waals surface area (Å²) in [6.07, 6.45) is 8.83. The van der Waals surface area contributed by atoms with Gasteiger partial charge in [-0.2, -0.15) is 0 Å². The van der Waals surface area contributed by atoms with E-state index in [0.717, 1.165) is 25.3 Å². The molecule has 0 radical (unpaired) electrons. The van der Waals surface area contributed by atoms with Gasteiger partial charge in [0.05, 0.1) is 0 Å². The summed E-state index contributed by atoms with van der Waals surface area (Å²) in [7, 11) is 0. The third-order valence-corrected chi connectivity index (χ3v) is 4.38. The SMILES string of the molecule is Cc1ccc(CCNC(=O)NCCC2CCCCC2)cc1. The van der Waals surface area contributed by atoms with Crippen molar-refractivity contribution in [1.82, 2.24) is 10.6 Å². The molecule has 0 aromatic heterocycles. The monoisotopic (exact) mass is 288 g/mol. The van der Waals surface area contributed by atoms with Crippen molar-refractivity contribution in [3.63, 3.8) is 0 Å². The lowest BCUT2D eigenvalue weighted by Gasteiger charge is -2.21. The Morgan fingerprint density at radius 1 is 1.05 bits per heavy atom. The molecule has 1 aliphatic carbocycles. The molecule has 0 atom stereocenters. The number of benzene rings is 1. The van der Waals surface area contributed by atoms with Gasteiger partial charge in [0.15, 0.2) is 0 Å². The van der Waals surface area contributed by atoms with Crippen molar-refractivity contribution in [2.75, 3.05) is 13.1 Å². The van der Waals surface area contributed by atoms with Gasteiger partial charge in [0.2, 0.25) is 0 Å². The zero-order valence-corrected chi connectivity index (χ0v) is 13.2. The van der Waals surface area contributed by atoms with Crippen LogP contribution in [0.5, 0.6) is 0 Å². The van der Waals surface area contributed by atoms with Crippen molar-refractivity contribution in [3.05, 3.63) is 35.4 Å². The molecule has 0 saturated heterocycles. The van der Waals surface area contributed by atoms with Crippen LogP contribution in [0.15, 0.2) is 24.3 Å². The highest BCUT2D eigenvalue weighted by atomic mass is 16.2. The lowest BCUT2D eigenvalue weighted by Crippen LogP contribution is -2.37. The second kappa shape index (κ2) is 8.71. The van der Waals surface area contributed by atoms with Crippen LogP contribution >= 0.6 is 0 Å². The second-order valence-corrected chi connectivity index (χ2v) is 6.21. The van der Waals surface area contributed by atoms with E-state index in [1.807, 2.05) is 0 Å². The van der Waals surface area contributed by atoms with E-state index >= 15 is 0 Å². The lowest BCUT2D eigenvalue weighted by molar-refractivity contribution is 0.239. The van der Waals surface area contributed by atoms with E-state index in [4.69, 9.17) is 0 Å². The number of hydrogen-bond donors (Lipinski definition) is 2. The molecule has 1 aromatic rings. The summed E-state index contributed by atoms with van der Waals surface area (Å²) < 4.78 is 0. The summed E-state index contributed by atoms with van der Waals surface area (Å²) in [6.45, 7) is 3.58. The second-order valence-electron chi connectivity index (χ2n) is 6.21. The van der Waals surface area contributed by atoms with Crippen molar-refractivity contribution in [3.8, 4) is 0 Å². The first-order chi connectivity index (χ1) is 10.2. The number of hydrogen-bond acceptors (Lipinski definition) is 1. The van der Waals surface area contributed by atoms with Crippen molar-refractivity contribution in [1.29, 1.82) is 0 Å². The summed E-state index contributed by atoms with van der Waals surface area (Å²) in [5.74, 6) is 0.826. The molecule has 3 nitrogen and oxygen atoms in total. The third kappa shape index (κ3) is 6.19. The Balaban J connectivity index is 1.54. The first-order valence-electron chi connectivity index (χ1n) is 8.31. The Bertz CT molecular complexity index is 421. The minimum atomic E-state index is -0.0297. The molecule has 0 heterocycles. The zero-order chi connectivity index (χ0) is 14.9. The fourth-order valence-electron chi connectivity index (χ4n) is 3.00. The van der Waals surface area contributed by atoms with Crippen LogP contribution in [-0.4, -0.2) is 19.1 Å². The van der Waals surface area contributed by atoms with Crippen molar-refractivity contribution < 1.29 is 4.79 Å².